The van der Waals surface area contributed by atoms with Crippen LogP contribution in [0.5, 0.6) is 0 Å². The van der Waals surface area contributed by atoms with Gasteiger partial charge in [-0.15, -0.1) is 0 Å². The van der Waals surface area contributed by atoms with Crippen LogP contribution in [0.2, 0.25) is 0 Å². The number of carboxylic acids is 1. The average molecular weight is 474 g/mol. The molecule has 1 atom stereocenters. The van der Waals surface area contributed by atoms with Crippen LogP contribution in [0.25, 0.3) is 0 Å². The van der Waals surface area contributed by atoms with Crippen LogP contribution in [0.15, 0.2) is 4.34 Å². The molecule has 0 saturated heterocycles. The second-order valence-corrected chi connectivity index (χ2v) is 4.69. The van der Waals surface area contributed by atoms with Gasteiger partial charge >= 0.3 is 65.1 Å². The van der Waals surface area contributed by atoms with Crippen LogP contribution in [-0.4, -0.2) is 33.1 Å². The van der Waals surface area contributed by atoms with Crippen molar-refractivity contribution in [1.82, 2.24) is 10.2 Å². The molecule has 0 bridgehead atoms. The van der Waals surface area contributed by atoms with E-state index in [1.54, 1.807) is 0 Å². The normalized spacial score (nSPS) is 9.65. The van der Waals surface area contributed by atoms with Crippen molar-refractivity contribution in [2.75, 3.05) is 5.75 Å². The number of carboxylic acid groups (broad SMARTS) is 1. The van der Waals surface area contributed by atoms with Gasteiger partial charge in [-0.2, -0.15) is 17.0 Å². The molecule has 0 radical (unpaired) electrons. The second-order valence-electron chi connectivity index (χ2n) is 2.65. The van der Waals surface area contributed by atoms with Crippen LogP contribution in [0.1, 0.15) is 6.42 Å². The summed E-state index contributed by atoms with van der Waals surface area (Å²) < 4.78 is 0.550. The van der Waals surface area contributed by atoms with E-state index in [1.807, 2.05) is 0 Å². The third-order valence-corrected chi connectivity index (χ3v) is 3.48. The molecular weight excluding hydrogens is 465 g/mol. The summed E-state index contributed by atoms with van der Waals surface area (Å²) in [5.41, 5.74) is 2.50. The Labute approximate surface area is 201 Å². The smallest absolute Gasteiger partial charge is 0.550 e. The van der Waals surface area contributed by atoms with E-state index < -0.39 is 24.3 Å². The predicted octanol–water partition coefficient (Wildman–Crippen LogP) is -6.34. The van der Waals surface area contributed by atoms with Gasteiger partial charge in [-0.3, -0.25) is 10.2 Å². The van der Waals surface area contributed by atoms with Crippen molar-refractivity contribution in [1.29, 1.82) is 0 Å². The van der Waals surface area contributed by atoms with Crippen LogP contribution >= 0.6 is 23.1 Å². The Morgan fingerprint density at radius 3 is 2.50 bits per heavy atom. The quantitative estimate of drug-likeness (QED) is 0.143. The molecule has 0 aliphatic carbocycles. The molecule has 12 heteroatoms. The molecule has 1 rings (SSSR count). The molecule has 0 aliphatic rings. The van der Waals surface area contributed by atoms with E-state index in [2.05, 4.69) is 20.6 Å². The third-order valence-electron chi connectivity index (χ3n) is 1.55. The van der Waals surface area contributed by atoms with Crippen molar-refractivity contribution >= 4 is 35.0 Å². The number of aliphatic carboxylic acids is 1. The first-order valence-corrected chi connectivity index (χ1v) is 5.81. The standard InChI is InChI=1S/C7H7N2O5S2.CH3.2Na.Sm/c10-5(11)1-4(6(12)14-13)2-15-7-9-8-3-16-7;;;;/h4,13H,1-2H2,(H,10,11);1H3;;;/q-1;3*+1;/p-1. The molecule has 0 aliphatic heterocycles. The van der Waals surface area contributed by atoms with E-state index in [-0.39, 0.29) is 113 Å². The third kappa shape index (κ3) is 12.6. The second kappa shape index (κ2) is 17.4. The van der Waals surface area contributed by atoms with Gasteiger partial charge in [-0.25, -0.2) is 4.79 Å². The van der Waals surface area contributed by atoms with Crippen molar-refractivity contribution in [2.24, 2.45) is 5.92 Å². The fourth-order valence-electron chi connectivity index (χ4n) is 0.857. The zero-order chi connectivity index (χ0) is 12.0. The first-order valence-electron chi connectivity index (χ1n) is 4.01. The number of nitrogens with zero attached hydrogens (tertiary/aromatic N) is 2. The van der Waals surface area contributed by atoms with Crippen molar-refractivity contribution in [2.45, 2.75) is 10.8 Å². The van der Waals surface area contributed by atoms with Crippen LogP contribution in [0.3, 0.4) is 0 Å². The molecule has 1 aromatic rings. The molecule has 1 unspecified atom stereocenters. The molecule has 0 aromatic carbocycles. The van der Waals surface area contributed by atoms with E-state index >= 15 is 0 Å². The maximum atomic E-state index is 11.0. The zero-order valence-corrected chi connectivity index (χ0v) is 19.4. The summed E-state index contributed by atoms with van der Waals surface area (Å²) in [5, 5.41) is 25.6. The number of rotatable bonds is 6. The summed E-state index contributed by atoms with van der Waals surface area (Å²) >= 11 is 2.27. The molecule has 0 amide bonds. The molecule has 1 heterocycles. The van der Waals surface area contributed by atoms with Crippen molar-refractivity contribution < 1.29 is 124 Å². The monoisotopic (exact) mass is 475 g/mol. The van der Waals surface area contributed by atoms with Crippen LogP contribution < -0.4 is 64.2 Å². The van der Waals surface area contributed by atoms with Gasteiger partial charge in [-0.05, 0) is 5.75 Å². The summed E-state index contributed by atoms with van der Waals surface area (Å²) in [4.78, 5) is 24.8. The summed E-state index contributed by atoms with van der Waals surface area (Å²) in [7, 11) is 0. The minimum atomic E-state index is -1.39. The van der Waals surface area contributed by atoms with Gasteiger partial charge in [0.15, 0.2) is 0 Å². The first-order chi connectivity index (χ1) is 7.63. The summed E-state index contributed by atoms with van der Waals surface area (Å²) in [6.07, 6.45) is -0.519. The Hall–Kier alpha value is 2.02. The molecule has 1 aromatic heterocycles. The summed E-state index contributed by atoms with van der Waals surface area (Å²) in [6.45, 7) is 0. The molecular formula is C8H9N2Na2O5S2Sm+. The van der Waals surface area contributed by atoms with Gasteiger partial charge in [0.25, 0.3) is 0 Å². The van der Waals surface area contributed by atoms with E-state index in [0.29, 0.717) is 4.34 Å². The minimum Gasteiger partial charge on any atom is -0.550 e. The van der Waals surface area contributed by atoms with E-state index in [1.165, 1.54) is 0 Å². The first kappa shape index (κ1) is 30.0. The molecule has 20 heavy (non-hydrogen) atoms. The van der Waals surface area contributed by atoms with E-state index in [9.17, 15) is 14.7 Å². The topological polar surface area (TPSA) is 112 Å². The van der Waals surface area contributed by atoms with Crippen LogP contribution in [0, 0.1) is 59.2 Å². The van der Waals surface area contributed by atoms with Gasteiger partial charge in [0.2, 0.25) is 0 Å². The van der Waals surface area contributed by atoms with Crippen LogP contribution in [-0.2, 0) is 14.5 Å². The SMILES string of the molecule is O=C([O-])CC(CSc1nn[c-]s1)C(=O)OO.[CH3+].[Na+].[Na+].[Sm]. The summed E-state index contributed by atoms with van der Waals surface area (Å²) in [6, 6.07) is 0. The molecule has 0 fully saturated rings. The number of hydrogen-bond acceptors (Lipinski definition) is 9. The number of carbonyl (C=O) groups is 2. The van der Waals surface area contributed by atoms with Gasteiger partial charge in [0.05, 0.1) is 5.92 Å². The molecule has 0 spiro atoms. The Morgan fingerprint density at radius 1 is 1.50 bits per heavy atom. The van der Waals surface area contributed by atoms with E-state index in [0.717, 1.165) is 23.1 Å². The number of thioether (sulfide) groups is 1. The van der Waals surface area contributed by atoms with Crippen molar-refractivity contribution in [3.05, 3.63) is 12.9 Å². The Kier molecular flexibility index (Phi) is 26.0. The maximum Gasteiger partial charge on any atom is 1.00 e. The van der Waals surface area contributed by atoms with Gasteiger partial charge in [-0.1, -0.05) is 5.51 Å². The fraction of sp³-hybridized carbons (Fsp3) is 0.375. The Bertz CT molecular complexity index is 372. The molecule has 7 nitrogen and oxygen atoms in total. The average Bonchev–Trinajstić information content (AvgIpc) is 2.75. The van der Waals surface area contributed by atoms with Crippen LogP contribution in [0.4, 0.5) is 0 Å². The van der Waals surface area contributed by atoms with Gasteiger partial charge in [0, 0.05) is 64.5 Å². The largest absolute Gasteiger partial charge is 1.00 e. The Balaban J connectivity index is -0.000000320. The zero-order valence-electron chi connectivity index (χ0n) is 11.2. The van der Waals surface area contributed by atoms with Crippen molar-refractivity contribution in [3.63, 3.8) is 0 Å². The minimum absolute atomic E-state index is 0. The van der Waals surface area contributed by atoms with Gasteiger partial charge in [0.1, 0.15) is 0 Å². The van der Waals surface area contributed by atoms with Gasteiger partial charge < -0.3 is 26.1 Å². The Morgan fingerprint density at radius 2 is 2.10 bits per heavy atom. The molecule has 100 valence electrons. The number of aromatic nitrogens is 2. The van der Waals surface area contributed by atoms with Crippen molar-refractivity contribution in [3.8, 4) is 0 Å². The number of hydrogen-bond donors (Lipinski definition) is 1. The molecule has 1 N–H and O–H groups in total. The maximum absolute atomic E-state index is 11.0. The fourth-order valence-corrected chi connectivity index (χ4v) is 2.35. The molecule has 0 saturated carbocycles. The predicted molar refractivity (Wildman–Crippen MR) is 57.7 cm³/mol. The van der Waals surface area contributed by atoms with E-state index in [4.69, 9.17) is 5.26 Å². The number of carbonyl (C=O) groups excluding carboxylic acids is 2. The summed E-state index contributed by atoms with van der Waals surface area (Å²) in [5.74, 6) is -3.27.